The number of hydrogen-bond acceptors (Lipinski definition) is 3. The molecule has 1 aromatic carbocycles. The average Bonchev–Trinajstić information content (AvgIpc) is 2.81. The SMILES string of the molecule is CC(NCCn1ccnn1)c1ccc(Br)cc1Br. The summed E-state index contributed by atoms with van der Waals surface area (Å²) >= 11 is 7.04. The van der Waals surface area contributed by atoms with E-state index in [1.807, 2.05) is 10.9 Å². The fraction of sp³-hybridized carbons (Fsp3) is 0.333. The Balaban J connectivity index is 1.89. The van der Waals surface area contributed by atoms with Gasteiger partial charge in [0.05, 0.1) is 12.7 Å². The number of aromatic nitrogens is 3. The van der Waals surface area contributed by atoms with E-state index < -0.39 is 0 Å². The van der Waals surface area contributed by atoms with Crippen molar-refractivity contribution in [2.45, 2.75) is 19.5 Å². The number of nitrogens with zero attached hydrogens (tertiary/aromatic N) is 3. The Kier molecular flexibility index (Phi) is 4.91. The lowest BCUT2D eigenvalue weighted by Crippen LogP contribution is -2.23. The second-order valence-electron chi connectivity index (χ2n) is 4.01. The van der Waals surface area contributed by atoms with Gasteiger partial charge in [0.2, 0.25) is 0 Å². The van der Waals surface area contributed by atoms with Crippen LogP contribution in [0.1, 0.15) is 18.5 Å². The van der Waals surface area contributed by atoms with E-state index in [1.54, 1.807) is 6.20 Å². The molecule has 1 atom stereocenters. The summed E-state index contributed by atoms with van der Waals surface area (Å²) < 4.78 is 4.00. The van der Waals surface area contributed by atoms with Crippen LogP contribution in [0.25, 0.3) is 0 Å². The van der Waals surface area contributed by atoms with Gasteiger partial charge in [0, 0.05) is 27.7 Å². The highest BCUT2D eigenvalue weighted by Crippen LogP contribution is 2.26. The second kappa shape index (κ2) is 6.45. The Morgan fingerprint density at radius 1 is 1.39 bits per heavy atom. The zero-order chi connectivity index (χ0) is 13.0. The molecule has 18 heavy (non-hydrogen) atoms. The van der Waals surface area contributed by atoms with E-state index >= 15 is 0 Å². The highest BCUT2D eigenvalue weighted by atomic mass is 79.9. The zero-order valence-corrected chi connectivity index (χ0v) is 13.1. The molecule has 4 nitrogen and oxygen atoms in total. The Morgan fingerprint density at radius 3 is 2.89 bits per heavy atom. The molecule has 1 aromatic heterocycles. The maximum Gasteiger partial charge on any atom is 0.0692 e. The number of halogens is 2. The molecule has 0 aliphatic heterocycles. The third kappa shape index (κ3) is 3.63. The lowest BCUT2D eigenvalue weighted by Gasteiger charge is -2.16. The number of rotatable bonds is 5. The predicted molar refractivity (Wildman–Crippen MR) is 78.3 cm³/mol. The quantitative estimate of drug-likeness (QED) is 0.875. The van der Waals surface area contributed by atoms with Crippen molar-refractivity contribution in [2.75, 3.05) is 6.54 Å². The molecule has 0 saturated carbocycles. The smallest absolute Gasteiger partial charge is 0.0692 e. The standard InChI is InChI=1S/C12H14Br2N4/c1-9(11-3-2-10(13)8-12(11)14)15-4-6-18-7-5-16-17-18/h2-3,5,7-9,15H,4,6H2,1H3. The summed E-state index contributed by atoms with van der Waals surface area (Å²) in [7, 11) is 0. The molecule has 1 N–H and O–H groups in total. The van der Waals surface area contributed by atoms with E-state index in [2.05, 4.69) is 72.6 Å². The van der Waals surface area contributed by atoms with Crippen LogP contribution in [0.3, 0.4) is 0 Å². The zero-order valence-electron chi connectivity index (χ0n) is 9.98. The van der Waals surface area contributed by atoms with Gasteiger partial charge in [-0.05, 0) is 24.6 Å². The van der Waals surface area contributed by atoms with Gasteiger partial charge in [-0.2, -0.15) is 0 Å². The molecule has 96 valence electrons. The van der Waals surface area contributed by atoms with Gasteiger partial charge in [0.15, 0.2) is 0 Å². The maximum absolute atomic E-state index is 3.93. The maximum atomic E-state index is 3.93. The monoisotopic (exact) mass is 372 g/mol. The van der Waals surface area contributed by atoms with Crippen molar-refractivity contribution in [1.82, 2.24) is 20.3 Å². The van der Waals surface area contributed by atoms with Crippen molar-refractivity contribution < 1.29 is 0 Å². The van der Waals surface area contributed by atoms with E-state index in [9.17, 15) is 0 Å². The summed E-state index contributed by atoms with van der Waals surface area (Å²) in [6, 6.07) is 6.51. The van der Waals surface area contributed by atoms with E-state index in [0.717, 1.165) is 22.0 Å². The Morgan fingerprint density at radius 2 is 2.22 bits per heavy atom. The van der Waals surface area contributed by atoms with Crippen molar-refractivity contribution >= 4 is 31.9 Å². The van der Waals surface area contributed by atoms with Gasteiger partial charge < -0.3 is 5.32 Å². The molecule has 1 unspecified atom stereocenters. The van der Waals surface area contributed by atoms with Crippen LogP contribution in [0.5, 0.6) is 0 Å². The van der Waals surface area contributed by atoms with Crippen molar-refractivity contribution in [3.05, 3.63) is 45.1 Å². The minimum absolute atomic E-state index is 0.288. The number of hydrogen-bond donors (Lipinski definition) is 1. The van der Waals surface area contributed by atoms with Gasteiger partial charge in [-0.15, -0.1) is 5.10 Å². The molecule has 0 amide bonds. The summed E-state index contributed by atoms with van der Waals surface area (Å²) in [5.74, 6) is 0. The van der Waals surface area contributed by atoms with Gasteiger partial charge in [-0.3, -0.25) is 4.68 Å². The van der Waals surface area contributed by atoms with E-state index in [0.29, 0.717) is 0 Å². The molecule has 0 bridgehead atoms. The molecule has 1 heterocycles. The first kappa shape index (κ1) is 13.7. The van der Waals surface area contributed by atoms with Gasteiger partial charge in [0.1, 0.15) is 0 Å². The largest absolute Gasteiger partial charge is 0.308 e. The summed E-state index contributed by atoms with van der Waals surface area (Å²) in [5.41, 5.74) is 1.25. The third-order valence-electron chi connectivity index (χ3n) is 2.69. The first-order valence-corrected chi connectivity index (χ1v) is 7.28. The molecular formula is C12H14Br2N4. The normalized spacial score (nSPS) is 12.6. The van der Waals surface area contributed by atoms with Crippen LogP contribution >= 0.6 is 31.9 Å². The number of benzene rings is 1. The van der Waals surface area contributed by atoms with Crippen LogP contribution < -0.4 is 5.32 Å². The molecule has 0 radical (unpaired) electrons. The summed E-state index contributed by atoms with van der Waals surface area (Å²) in [6.07, 6.45) is 3.55. The topological polar surface area (TPSA) is 42.7 Å². The van der Waals surface area contributed by atoms with Crippen LogP contribution in [-0.2, 0) is 6.54 Å². The first-order chi connectivity index (χ1) is 8.66. The second-order valence-corrected chi connectivity index (χ2v) is 5.78. The fourth-order valence-electron chi connectivity index (χ4n) is 1.71. The van der Waals surface area contributed by atoms with Crippen molar-refractivity contribution in [3.63, 3.8) is 0 Å². The molecule has 0 aliphatic carbocycles. The van der Waals surface area contributed by atoms with Crippen LogP contribution in [0.2, 0.25) is 0 Å². The summed E-state index contributed by atoms with van der Waals surface area (Å²) in [6.45, 7) is 3.82. The van der Waals surface area contributed by atoms with E-state index in [1.165, 1.54) is 5.56 Å². The van der Waals surface area contributed by atoms with Crippen LogP contribution in [0.15, 0.2) is 39.5 Å². The van der Waals surface area contributed by atoms with Crippen molar-refractivity contribution in [1.29, 1.82) is 0 Å². The molecule has 0 saturated heterocycles. The average molecular weight is 374 g/mol. The molecule has 0 aliphatic rings. The van der Waals surface area contributed by atoms with Crippen LogP contribution in [0.4, 0.5) is 0 Å². The lowest BCUT2D eigenvalue weighted by molar-refractivity contribution is 0.498. The Bertz CT molecular complexity index is 499. The van der Waals surface area contributed by atoms with Crippen LogP contribution in [0, 0.1) is 0 Å². The molecule has 6 heteroatoms. The van der Waals surface area contributed by atoms with Gasteiger partial charge in [-0.25, -0.2) is 0 Å². The van der Waals surface area contributed by atoms with E-state index in [4.69, 9.17) is 0 Å². The highest BCUT2D eigenvalue weighted by molar-refractivity contribution is 9.11. The minimum atomic E-state index is 0.288. The van der Waals surface area contributed by atoms with E-state index in [-0.39, 0.29) is 6.04 Å². The molecule has 2 aromatic rings. The van der Waals surface area contributed by atoms with Crippen molar-refractivity contribution in [3.8, 4) is 0 Å². The number of nitrogens with one attached hydrogen (secondary N) is 1. The lowest BCUT2D eigenvalue weighted by atomic mass is 10.1. The minimum Gasteiger partial charge on any atom is -0.308 e. The third-order valence-corrected chi connectivity index (χ3v) is 3.87. The first-order valence-electron chi connectivity index (χ1n) is 5.69. The summed E-state index contributed by atoms with van der Waals surface area (Å²) in [4.78, 5) is 0. The molecule has 0 fully saturated rings. The van der Waals surface area contributed by atoms with Gasteiger partial charge >= 0.3 is 0 Å². The van der Waals surface area contributed by atoms with Gasteiger partial charge in [0.25, 0.3) is 0 Å². The summed E-state index contributed by atoms with van der Waals surface area (Å²) in [5, 5.41) is 11.2. The molecular weight excluding hydrogens is 360 g/mol. The highest BCUT2D eigenvalue weighted by Gasteiger charge is 2.08. The van der Waals surface area contributed by atoms with Crippen molar-refractivity contribution in [2.24, 2.45) is 0 Å². The fourth-order valence-corrected chi connectivity index (χ4v) is 3.10. The van der Waals surface area contributed by atoms with Gasteiger partial charge in [-0.1, -0.05) is 43.1 Å². The Labute approximate surface area is 123 Å². The molecule has 0 spiro atoms. The van der Waals surface area contributed by atoms with Crippen LogP contribution in [-0.4, -0.2) is 21.5 Å². The Hall–Kier alpha value is -0.720. The molecule has 2 rings (SSSR count). The predicted octanol–water partition coefficient (Wildman–Crippen LogP) is 3.15.